The van der Waals surface area contributed by atoms with Gasteiger partial charge < -0.3 is 10.6 Å². The monoisotopic (exact) mass is 252 g/mol. The highest BCUT2D eigenvalue weighted by Gasteiger charge is 2.26. The van der Waals surface area contributed by atoms with Gasteiger partial charge in [-0.05, 0) is 30.8 Å². The van der Waals surface area contributed by atoms with Gasteiger partial charge >= 0.3 is 0 Å². The average Bonchev–Trinajstić information content (AvgIpc) is 2.97. The lowest BCUT2D eigenvalue weighted by molar-refractivity contribution is -0.123. The van der Waals surface area contributed by atoms with Crippen LogP contribution in [0.15, 0.2) is 17.5 Å². The van der Waals surface area contributed by atoms with Gasteiger partial charge in [0.25, 0.3) is 0 Å². The second-order valence-corrected chi connectivity index (χ2v) is 6.18. The molecule has 1 amide bonds. The highest BCUT2D eigenvalue weighted by Crippen LogP contribution is 2.26. The summed E-state index contributed by atoms with van der Waals surface area (Å²) in [7, 11) is 0. The lowest BCUT2D eigenvalue weighted by Crippen LogP contribution is -2.44. The Bertz CT molecular complexity index is 367. The van der Waals surface area contributed by atoms with E-state index in [1.807, 2.05) is 0 Å². The van der Waals surface area contributed by atoms with E-state index in [0.717, 1.165) is 19.4 Å². The Kier molecular flexibility index (Phi) is 3.84. The summed E-state index contributed by atoms with van der Waals surface area (Å²) >= 11 is 1.75. The van der Waals surface area contributed by atoms with Crippen LogP contribution in [0.25, 0.3) is 0 Å². The minimum absolute atomic E-state index is 0.0163. The number of carbonyl (C=O) groups excluding carboxylic acids is 1. The van der Waals surface area contributed by atoms with E-state index in [4.69, 9.17) is 0 Å². The molecule has 2 N–H and O–H groups in total. The fourth-order valence-electron chi connectivity index (χ4n) is 2.09. The van der Waals surface area contributed by atoms with E-state index in [2.05, 4.69) is 42.0 Å². The summed E-state index contributed by atoms with van der Waals surface area (Å²) in [5.74, 6) is 0.145. The third kappa shape index (κ3) is 3.07. The van der Waals surface area contributed by atoms with Gasteiger partial charge in [0.05, 0.1) is 6.04 Å². The van der Waals surface area contributed by atoms with Crippen molar-refractivity contribution in [3.63, 3.8) is 0 Å². The van der Waals surface area contributed by atoms with Crippen LogP contribution in [-0.4, -0.2) is 25.0 Å². The van der Waals surface area contributed by atoms with Gasteiger partial charge in [-0.3, -0.25) is 4.79 Å². The lowest BCUT2D eigenvalue weighted by atomic mass is 9.91. The maximum atomic E-state index is 11.9. The topological polar surface area (TPSA) is 41.1 Å². The SMILES string of the molecule is CC(C)(CNC(=O)[C@H]1CCCN1)c1cccs1. The van der Waals surface area contributed by atoms with Crippen molar-refractivity contribution in [3.05, 3.63) is 22.4 Å². The summed E-state index contributed by atoms with van der Waals surface area (Å²) < 4.78 is 0. The molecule has 0 saturated carbocycles. The first-order chi connectivity index (χ1) is 8.09. The molecule has 4 heteroatoms. The zero-order chi connectivity index (χ0) is 12.3. The van der Waals surface area contributed by atoms with E-state index in [0.29, 0.717) is 6.54 Å². The van der Waals surface area contributed by atoms with Crippen molar-refractivity contribution in [3.8, 4) is 0 Å². The minimum atomic E-state index is 0.0163. The number of hydrogen-bond acceptors (Lipinski definition) is 3. The quantitative estimate of drug-likeness (QED) is 0.859. The molecular formula is C13H20N2OS. The first-order valence-electron chi connectivity index (χ1n) is 6.15. The molecule has 1 aromatic heterocycles. The van der Waals surface area contributed by atoms with Crippen molar-refractivity contribution >= 4 is 17.2 Å². The minimum Gasteiger partial charge on any atom is -0.354 e. The van der Waals surface area contributed by atoms with Crippen molar-refractivity contribution in [2.24, 2.45) is 0 Å². The van der Waals surface area contributed by atoms with E-state index in [9.17, 15) is 4.79 Å². The van der Waals surface area contributed by atoms with Gasteiger partial charge in [-0.1, -0.05) is 19.9 Å². The molecular weight excluding hydrogens is 232 g/mol. The Morgan fingerprint density at radius 2 is 2.47 bits per heavy atom. The number of carbonyl (C=O) groups is 1. The number of amides is 1. The van der Waals surface area contributed by atoms with E-state index < -0.39 is 0 Å². The van der Waals surface area contributed by atoms with Gasteiger partial charge in [0.2, 0.25) is 5.91 Å². The molecule has 3 nitrogen and oxygen atoms in total. The van der Waals surface area contributed by atoms with Crippen LogP contribution in [0.3, 0.4) is 0 Å². The molecule has 0 radical (unpaired) electrons. The Morgan fingerprint density at radius 1 is 1.65 bits per heavy atom. The van der Waals surface area contributed by atoms with E-state index in [-0.39, 0.29) is 17.4 Å². The third-order valence-electron chi connectivity index (χ3n) is 3.27. The fourth-order valence-corrected chi connectivity index (χ4v) is 2.94. The fraction of sp³-hybridized carbons (Fsp3) is 0.615. The summed E-state index contributed by atoms with van der Waals surface area (Å²) in [5.41, 5.74) is 0.0163. The smallest absolute Gasteiger partial charge is 0.237 e. The molecule has 1 atom stereocenters. The van der Waals surface area contributed by atoms with Crippen LogP contribution in [0.2, 0.25) is 0 Å². The number of thiophene rings is 1. The van der Waals surface area contributed by atoms with Crippen LogP contribution in [0.5, 0.6) is 0 Å². The third-order valence-corrected chi connectivity index (χ3v) is 4.51. The molecule has 0 bridgehead atoms. The molecule has 1 fully saturated rings. The van der Waals surface area contributed by atoms with Crippen LogP contribution in [0.1, 0.15) is 31.6 Å². The van der Waals surface area contributed by atoms with Crippen molar-refractivity contribution in [1.82, 2.24) is 10.6 Å². The summed E-state index contributed by atoms with van der Waals surface area (Å²) in [6, 6.07) is 4.21. The molecule has 2 heterocycles. The highest BCUT2D eigenvalue weighted by molar-refractivity contribution is 7.10. The van der Waals surface area contributed by atoms with Gasteiger partial charge in [0.1, 0.15) is 0 Å². The Balaban J connectivity index is 1.87. The van der Waals surface area contributed by atoms with Gasteiger partial charge in [0.15, 0.2) is 0 Å². The predicted octanol–water partition coefficient (Wildman–Crippen LogP) is 1.89. The zero-order valence-electron chi connectivity index (χ0n) is 10.5. The summed E-state index contributed by atoms with van der Waals surface area (Å²) in [6.45, 7) is 6.00. The zero-order valence-corrected chi connectivity index (χ0v) is 11.3. The van der Waals surface area contributed by atoms with Gasteiger partial charge in [-0.15, -0.1) is 11.3 Å². The van der Waals surface area contributed by atoms with E-state index >= 15 is 0 Å². The van der Waals surface area contributed by atoms with Crippen LogP contribution < -0.4 is 10.6 Å². The molecule has 1 saturated heterocycles. The Morgan fingerprint density at radius 3 is 3.06 bits per heavy atom. The largest absolute Gasteiger partial charge is 0.354 e. The van der Waals surface area contributed by atoms with Gasteiger partial charge in [0, 0.05) is 16.8 Å². The van der Waals surface area contributed by atoms with Gasteiger partial charge in [-0.2, -0.15) is 0 Å². The molecule has 0 aromatic carbocycles. The second kappa shape index (κ2) is 5.19. The molecule has 0 unspecified atom stereocenters. The van der Waals surface area contributed by atoms with E-state index in [1.165, 1.54) is 4.88 Å². The first-order valence-corrected chi connectivity index (χ1v) is 7.03. The molecule has 1 aliphatic heterocycles. The summed E-state index contributed by atoms with van der Waals surface area (Å²) in [5, 5.41) is 8.36. The van der Waals surface area contributed by atoms with Crippen molar-refractivity contribution in [2.45, 2.75) is 38.1 Å². The molecule has 94 valence electrons. The molecule has 0 aliphatic carbocycles. The molecule has 0 spiro atoms. The van der Waals surface area contributed by atoms with Crippen molar-refractivity contribution in [1.29, 1.82) is 0 Å². The second-order valence-electron chi connectivity index (χ2n) is 5.23. The molecule has 1 aliphatic rings. The number of rotatable bonds is 4. The molecule has 1 aromatic rings. The summed E-state index contributed by atoms with van der Waals surface area (Å²) in [4.78, 5) is 13.2. The molecule has 2 rings (SSSR count). The van der Waals surface area contributed by atoms with Crippen LogP contribution in [0.4, 0.5) is 0 Å². The van der Waals surface area contributed by atoms with Crippen molar-refractivity contribution in [2.75, 3.05) is 13.1 Å². The van der Waals surface area contributed by atoms with Crippen LogP contribution in [-0.2, 0) is 10.2 Å². The number of nitrogens with one attached hydrogen (secondary N) is 2. The van der Waals surface area contributed by atoms with Crippen LogP contribution >= 0.6 is 11.3 Å². The Labute approximate surface area is 107 Å². The standard InChI is InChI=1S/C13H20N2OS/c1-13(2,11-6-4-8-17-11)9-15-12(16)10-5-3-7-14-10/h4,6,8,10,14H,3,5,7,9H2,1-2H3,(H,15,16)/t10-/m1/s1. The first kappa shape index (κ1) is 12.6. The normalized spacial score (nSPS) is 20.5. The maximum absolute atomic E-state index is 11.9. The number of hydrogen-bond donors (Lipinski definition) is 2. The average molecular weight is 252 g/mol. The maximum Gasteiger partial charge on any atom is 0.237 e. The molecule has 17 heavy (non-hydrogen) atoms. The van der Waals surface area contributed by atoms with Crippen molar-refractivity contribution < 1.29 is 4.79 Å². The van der Waals surface area contributed by atoms with Crippen LogP contribution in [0, 0.1) is 0 Å². The van der Waals surface area contributed by atoms with Gasteiger partial charge in [-0.25, -0.2) is 0 Å². The summed E-state index contributed by atoms with van der Waals surface area (Å²) in [6.07, 6.45) is 2.07. The lowest BCUT2D eigenvalue weighted by Gasteiger charge is -2.24. The van der Waals surface area contributed by atoms with E-state index in [1.54, 1.807) is 11.3 Å². The Hall–Kier alpha value is -0.870. The predicted molar refractivity (Wildman–Crippen MR) is 71.4 cm³/mol. The highest BCUT2D eigenvalue weighted by atomic mass is 32.1.